The quantitative estimate of drug-likeness (QED) is 0.699. The maximum atomic E-state index is 13.4. The Morgan fingerprint density at radius 2 is 1.72 bits per heavy atom. The molecule has 2 aliphatic rings. The van der Waals surface area contributed by atoms with Crippen molar-refractivity contribution in [3.8, 4) is 11.5 Å². The molecule has 2 saturated heterocycles. The molecule has 7 nitrogen and oxygen atoms in total. The minimum Gasteiger partial charge on any atom is -0.507 e. The summed E-state index contributed by atoms with van der Waals surface area (Å²) >= 11 is 0. The molecule has 4 rings (SSSR count). The van der Waals surface area contributed by atoms with Gasteiger partial charge in [0.05, 0.1) is 0 Å². The Balaban J connectivity index is 1.49. The van der Waals surface area contributed by atoms with Crippen molar-refractivity contribution in [1.82, 2.24) is 14.9 Å². The molecule has 1 amide bonds. The fourth-order valence-electron chi connectivity index (χ4n) is 4.34. The van der Waals surface area contributed by atoms with E-state index in [2.05, 4.69) is 19.6 Å². The van der Waals surface area contributed by atoms with Crippen LogP contribution in [0.2, 0.25) is 0 Å². The molecule has 0 aliphatic carbocycles. The Hall–Kier alpha value is -3.11. The molecule has 2 unspecified atom stereocenters. The van der Waals surface area contributed by atoms with Crippen LogP contribution >= 0.6 is 0 Å². The number of phenolic OH excluding ortho intramolecular Hbond substituents is 1. The number of anilines is 1. The first kappa shape index (κ1) is 22.1. The summed E-state index contributed by atoms with van der Waals surface area (Å²) in [4.78, 5) is 25.4. The van der Waals surface area contributed by atoms with Crippen molar-refractivity contribution in [2.24, 2.45) is 11.8 Å². The van der Waals surface area contributed by atoms with Crippen LogP contribution in [0.4, 0.5) is 23.5 Å². The van der Waals surface area contributed by atoms with Crippen molar-refractivity contribution in [2.45, 2.75) is 26.4 Å². The smallest absolute Gasteiger partial charge is 0.461 e. The standard InChI is InChI=1S/C21H22F4N4O3/c1-11-6-12(2)27-20(26-11)29-9-13-7-28(8-14(13)10-29)18(31)17-15(30)4-3-5-16(17)32-21(24,25)19(22)23/h3-6,13-14,19,30H,7-10H2,1-2H3. The van der Waals surface area contributed by atoms with E-state index < -0.39 is 35.5 Å². The summed E-state index contributed by atoms with van der Waals surface area (Å²) in [6, 6.07) is 5.10. The normalized spacial score (nSPS) is 20.7. The highest BCUT2D eigenvalue weighted by molar-refractivity contribution is 5.99. The molecule has 0 radical (unpaired) electrons. The highest BCUT2D eigenvalue weighted by Crippen LogP contribution is 2.38. The van der Waals surface area contributed by atoms with E-state index in [1.54, 1.807) is 0 Å². The van der Waals surface area contributed by atoms with Gasteiger partial charge in [-0.1, -0.05) is 6.07 Å². The van der Waals surface area contributed by atoms with Gasteiger partial charge in [-0.05, 0) is 32.0 Å². The van der Waals surface area contributed by atoms with Gasteiger partial charge in [-0.2, -0.15) is 17.6 Å². The average molecular weight is 454 g/mol. The topological polar surface area (TPSA) is 78.8 Å². The third-order valence-corrected chi connectivity index (χ3v) is 5.74. The van der Waals surface area contributed by atoms with Gasteiger partial charge in [0.15, 0.2) is 0 Å². The van der Waals surface area contributed by atoms with Crippen molar-refractivity contribution in [3.63, 3.8) is 0 Å². The first-order valence-electron chi connectivity index (χ1n) is 10.1. The summed E-state index contributed by atoms with van der Waals surface area (Å²) in [5.74, 6) is -1.32. The number of halogens is 4. The summed E-state index contributed by atoms with van der Waals surface area (Å²) in [7, 11) is 0. The van der Waals surface area contributed by atoms with Crippen molar-refractivity contribution in [1.29, 1.82) is 0 Å². The maximum Gasteiger partial charge on any atom is 0.461 e. The second-order valence-corrected chi connectivity index (χ2v) is 8.20. The fourth-order valence-corrected chi connectivity index (χ4v) is 4.34. The van der Waals surface area contributed by atoms with E-state index in [-0.39, 0.29) is 11.8 Å². The summed E-state index contributed by atoms with van der Waals surface area (Å²) in [5.41, 5.74) is 1.16. The Labute approximate surface area is 181 Å². The molecule has 11 heteroatoms. The number of aromatic hydroxyl groups is 1. The van der Waals surface area contributed by atoms with Gasteiger partial charge in [0.1, 0.15) is 17.1 Å². The van der Waals surface area contributed by atoms with Crippen LogP contribution in [0.15, 0.2) is 24.3 Å². The van der Waals surface area contributed by atoms with Gasteiger partial charge in [-0.25, -0.2) is 9.97 Å². The molecule has 1 aromatic carbocycles. The van der Waals surface area contributed by atoms with Crippen molar-refractivity contribution < 1.29 is 32.2 Å². The Morgan fingerprint density at radius 1 is 1.12 bits per heavy atom. The third kappa shape index (κ3) is 4.15. The van der Waals surface area contributed by atoms with Crippen molar-refractivity contribution in [2.75, 3.05) is 31.1 Å². The number of nitrogens with zero attached hydrogens (tertiary/aromatic N) is 4. The van der Waals surface area contributed by atoms with Gasteiger partial charge in [-0.15, -0.1) is 0 Å². The number of aryl methyl sites for hydroxylation is 2. The molecule has 2 aliphatic heterocycles. The zero-order chi connectivity index (χ0) is 23.2. The minimum atomic E-state index is -4.79. The molecule has 3 heterocycles. The van der Waals surface area contributed by atoms with Gasteiger partial charge in [0.2, 0.25) is 5.95 Å². The number of likely N-dealkylation sites (tertiary alicyclic amines) is 1. The van der Waals surface area contributed by atoms with Crippen LogP contribution in [0.5, 0.6) is 11.5 Å². The molecule has 0 bridgehead atoms. The number of benzene rings is 1. The first-order valence-corrected chi connectivity index (χ1v) is 10.1. The van der Waals surface area contributed by atoms with E-state index >= 15 is 0 Å². The van der Waals surface area contributed by atoms with E-state index in [9.17, 15) is 27.5 Å². The Bertz CT molecular complexity index is 1000. The predicted molar refractivity (Wildman–Crippen MR) is 106 cm³/mol. The number of phenols is 1. The molecule has 1 aromatic heterocycles. The van der Waals surface area contributed by atoms with Crippen LogP contribution < -0.4 is 9.64 Å². The van der Waals surface area contributed by atoms with Gasteiger partial charge >= 0.3 is 12.5 Å². The van der Waals surface area contributed by atoms with E-state index in [0.29, 0.717) is 32.1 Å². The molecule has 172 valence electrons. The van der Waals surface area contributed by atoms with Crippen LogP contribution in [-0.4, -0.2) is 64.6 Å². The molecule has 32 heavy (non-hydrogen) atoms. The predicted octanol–water partition coefficient (Wildman–Crippen LogP) is 3.24. The maximum absolute atomic E-state index is 13.4. The van der Waals surface area contributed by atoms with Crippen LogP contribution in [-0.2, 0) is 0 Å². The lowest BCUT2D eigenvalue weighted by Crippen LogP contribution is -2.36. The van der Waals surface area contributed by atoms with Crippen LogP contribution in [0.1, 0.15) is 21.7 Å². The Kier molecular flexibility index (Phi) is 5.59. The summed E-state index contributed by atoms with van der Waals surface area (Å²) in [6.07, 6.45) is -8.88. The number of hydrogen-bond acceptors (Lipinski definition) is 6. The first-order chi connectivity index (χ1) is 15.0. The van der Waals surface area contributed by atoms with Crippen LogP contribution in [0, 0.1) is 25.7 Å². The van der Waals surface area contributed by atoms with Crippen LogP contribution in [0.25, 0.3) is 0 Å². The minimum absolute atomic E-state index is 0.0982. The number of alkyl halides is 4. The second kappa shape index (κ2) is 8.10. The molecule has 2 aromatic rings. The number of rotatable bonds is 5. The second-order valence-electron chi connectivity index (χ2n) is 8.20. The van der Waals surface area contributed by atoms with Gasteiger partial charge < -0.3 is 19.6 Å². The zero-order valence-corrected chi connectivity index (χ0v) is 17.4. The number of ether oxygens (including phenoxy) is 1. The molecule has 1 N–H and O–H groups in total. The molecular weight excluding hydrogens is 432 g/mol. The number of fused-ring (bicyclic) bond motifs is 1. The number of aromatic nitrogens is 2. The monoisotopic (exact) mass is 454 g/mol. The van der Waals surface area contributed by atoms with E-state index in [1.165, 1.54) is 4.90 Å². The largest absolute Gasteiger partial charge is 0.507 e. The van der Waals surface area contributed by atoms with E-state index in [1.807, 2.05) is 19.9 Å². The number of carbonyl (C=O) groups excluding carboxylic acids is 1. The third-order valence-electron chi connectivity index (χ3n) is 5.74. The molecular formula is C21H22F4N4O3. The summed E-state index contributed by atoms with van der Waals surface area (Å²) < 4.78 is 56.1. The average Bonchev–Trinajstić information content (AvgIpc) is 3.26. The molecule has 0 saturated carbocycles. The van der Waals surface area contributed by atoms with E-state index in [0.717, 1.165) is 29.6 Å². The lowest BCUT2D eigenvalue weighted by molar-refractivity contribution is -0.253. The lowest BCUT2D eigenvalue weighted by atomic mass is 10.0. The van der Waals surface area contributed by atoms with Crippen LogP contribution in [0.3, 0.4) is 0 Å². The number of amides is 1. The Morgan fingerprint density at radius 3 is 2.28 bits per heavy atom. The highest BCUT2D eigenvalue weighted by Gasteiger charge is 2.46. The molecule has 2 fully saturated rings. The summed E-state index contributed by atoms with van der Waals surface area (Å²) in [6.45, 7) is 5.65. The SMILES string of the molecule is Cc1cc(C)nc(N2CC3CN(C(=O)c4c(O)cccc4OC(F)(F)C(F)F)CC3C2)n1. The lowest BCUT2D eigenvalue weighted by Gasteiger charge is -2.24. The van der Waals surface area contributed by atoms with Gasteiger partial charge in [0.25, 0.3) is 5.91 Å². The van der Waals surface area contributed by atoms with Gasteiger partial charge in [-0.3, -0.25) is 4.79 Å². The van der Waals surface area contributed by atoms with Crippen molar-refractivity contribution >= 4 is 11.9 Å². The van der Waals surface area contributed by atoms with Crippen molar-refractivity contribution in [3.05, 3.63) is 41.2 Å². The number of hydrogen-bond donors (Lipinski definition) is 1. The highest BCUT2D eigenvalue weighted by atomic mass is 19.3. The number of carbonyl (C=O) groups is 1. The zero-order valence-electron chi connectivity index (χ0n) is 17.4. The molecule has 2 atom stereocenters. The molecule has 0 spiro atoms. The van der Waals surface area contributed by atoms with Gasteiger partial charge in [0, 0.05) is 49.4 Å². The fraction of sp³-hybridized carbons (Fsp3) is 0.476. The van der Waals surface area contributed by atoms with E-state index in [4.69, 9.17) is 0 Å². The summed E-state index contributed by atoms with van der Waals surface area (Å²) in [5, 5.41) is 10.1.